The van der Waals surface area contributed by atoms with Crippen LogP contribution in [0.15, 0.2) is 18.2 Å². The number of benzene rings is 1. The molecular weight excluding hydrogens is 342 g/mol. The molecule has 7 heteroatoms. The van der Waals surface area contributed by atoms with Crippen LogP contribution >= 0.6 is 0 Å². The molecule has 0 unspecified atom stereocenters. The molecule has 2 aliphatic rings. The molecule has 5 nitrogen and oxygen atoms in total. The Morgan fingerprint density at radius 3 is 2.65 bits per heavy atom. The van der Waals surface area contributed by atoms with E-state index in [-0.39, 0.29) is 16.9 Å². The third-order valence-corrected chi connectivity index (χ3v) is 5.61. The summed E-state index contributed by atoms with van der Waals surface area (Å²) in [5.41, 5.74) is -0.222. The molecule has 2 amide bonds. The highest BCUT2D eigenvalue weighted by Crippen LogP contribution is 2.40. The summed E-state index contributed by atoms with van der Waals surface area (Å²) in [6, 6.07) is 3.67. The van der Waals surface area contributed by atoms with Gasteiger partial charge in [-0.15, -0.1) is 0 Å². The van der Waals surface area contributed by atoms with Crippen LogP contribution in [0.1, 0.15) is 36.0 Å². The van der Waals surface area contributed by atoms with Gasteiger partial charge < -0.3 is 14.5 Å². The molecule has 142 valence electrons. The van der Waals surface area contributed by atoms with Crippen molar-refractivity contribution in [1.82, 2.24) is 9.80 Å². The molecule has 0 radical (unpaired) electrons. The molecule has 1 aromatic carbocycles. The van der Waals surface area contributed by atoms with E-state index in [1.54, 1.807) is 12.0 Å². The zero-order valence-corrected chi connectivity index (χ0v) is 15.0. The second-order valence-electron chi connectivity index (χ2n) is 7.20. The standard InChI is InChI=1S/C19H24F2N2O3/c1-26-12-11-23-13-19(6-5-16(23)24)7-9-22(10-8-19)18(25)14-3-2-4-15(20)17(14)21/h2-4H,5-13H2,1H3. The monoisotopic (exact) mass is 366 g/mol. The normalized spacial score (nSPS) is 19.9. The third kappa shape index (κ3) is 3.72. The maximum atomic E-state index is 13.9. The van der Waals surface area contributed by atoms with Gasteiger partial charge in [-0.1, -0.05) is 6.07 Å². The number of ether oxygens (including phenoxy) is 1. The molecule has 0 aliphatic carbocycles. The Labute approximate surface area is 151 Å². The first-order valence-electron chi connectivity index (χ1n) is 8.96. The van der Waals surface area contributed by atoms with Crippen LogP contribution in [0.25, 0.3) is 0 Å². The minimum atomic E-state index is -1.09. The number of rotatable bonds is 4. The molecular formula is C19H24F2N2O3. The van der Waals surface area contributed by atoms with E-state index in [1.165, 1.54) is 12.1 Å². The predicted octanol–water partition coefficient (Wildman–Crippen LogP) is 2.46. The van der Waals surface area contributed by atoms with Crippen LogP contribution in [-0.2, 0) is 9.53 Å². The van der Waals surface area contributed by atoms with Gasteiger partial charge in [0.25, 0.3) is 5.91 Å². The van der Waals surface area contributed by atoms with Crippen LogP contribution in [0, 0.1) is 17.0 Å². The van der Waals surface area contributed by atoms with E-state index in [4.69, 9.17) is 4.74 Å². The summed E-state index contributed by atoms with van der Waals surface area (Å²) in [7, 11) is 1.61. The van der Waals surface area contributed by atoms with Gasteiger partial charge in [0.15, 0.2) is 11.6 Å². The largest absolute Gasteiger partial charge is 0.383 e. The first-order chi connectivity index (χ1) is 12.5. The summed E-state index contributed by atoms with van der Waals surface area (Å²) in [6.45, 7) is 2.73. The topological polar surface area (TPSA) is 49.9 Å². The van der Waals surface area contributed by atoms with E-state index >= 15 is 0 Å². The van der Waals surface area contributed by atoms with Crippen molar-refractivity contribution in [1.29, 1.82) is 0 Å². The Hall–Kier alpha value is -2.02. The Bertz CT molecular complexity index is 687. The fourth-order valence-electron chi connectivity index (χ4n) is 3.94. The Morgan fingerprint density at radius 2 is 1.96 bits per heavy atom. The second kappa shape index (κ2) is 7.70. The highest BCUT2D eigenvalue weighted by atomic mass is 19.2. The quantitative estimate of drug-likeness (QED) is 0.823. The van der Waals surface area contributed by atoms with Gasteiger partial charge in [0.05, 0.1) is 12.2 Å². The average molecular weight is 366 g/mol. The second-order valence-corrected chi connectivity index (χ2v) is 7.20. The first-order valence-corrected chi connectivity index (χ1v) is 8.96. The Balaban J connectivity index is 1.64. The number of hydrogen-bond acceptors (Lipinski definition) is 3. The minimum Gasteiger partial charge on any atom is -0.383 e. The third-order valence-electron chi connectivity index (χ3n) is 5.61. The molecule has 0 N–H and O–H groups in total. The molecule has 2 aliphatic heterocycles. The number of hydrogen-bond donors (Lipinski definition) is 0. The minimum absolute atomic E-state index is 0.00108. The molecule has 0 bridgehead atoms. The van der Waals surface area contributed by atoms with E-state index in [0.717, 1.165) is 25.3 Å². The number of halogens is 2. The lowest BCUT2D eigenvalue weighted by atomic mass is 9.72. The SMILES string of the molecule is COCCN1CC2(CCC1=O)CCN(C(=O)c1cccc(F)c1F)CC2. The van der Waals surface area contributed by atoms with Crippen molar-refractivity contribution in [3.05, 3.63) is 35.4 Å². The zero-order chi connectivity index (χ0) is 18.7. The fraction of sp³-hybridized carbons (Fsp3) is 0.579. The van der Waals surface area contributed by atoms with Crippen molar-refractivity contribution in [2.24, 2.45) is 5.41 Å². The van der Waals surface area contributed by atoms with Crippen LogP contribution in [0.2, 0.25) is 0 Å². The lowest BCUT2D eigenvalue weighted by Gasteiger charge is -2.47. The van der Waals surface area contributed by atoms with E-state index in [9.17, 15) is 18.4 Å². The first kappa shape index (κ1) is 18.8. The molecule has 0 saturated carbocycles. The van der Waals surface area contributed by atoms with Crippen molar-refractivity contribution in [2.45, 2.75) is 25.7 Å². The zero-order valence-electron chi connectivity index (χ0n) is 15.0. The molecule has 0 atom stereocenters. The maximum Gasteiger partial charge on any atom is 0.256 e. The van der Waals surface area contributed by atoms with Crippen molar-refractivity contribution >= 4 is 11.8 Å². The number of nitrogens with zero attached hydrogens (tertiary/aromatic N) is 2. The van der Waals surface area contributed by atoms with Gasteiger partial charge in [-0.3, -0.25) is 9.59 Å². The Morgan fingerprint density at radius 1 is 1.23 bits per heavy atom. The number of piperidine rings is 2. The summed E-state index contributed by atoms with van der Waals surface area (Å²) in [5.74, 6) is -2.43. The van der Waals surface area contributed by atoms with Crippen molar-refractivity contribution in [3.8, 4) is 0 Å². The Kier molecular flexibility index (Phi) is 5.55. The van der Waals surface area contributed by atoms with E-state index < -0.39 is 17.5 Å². The summed E-state index contributed by atoms with van der Waals surface area (Å²) in [5, 5.41) is 0. The smallest absolute Gasteiger partial charge is 0.256 e. The van der Waals surface area contributed by atoms with Gasteiger partial charge in [0.1, 0.15) is 0 Å². The van der Waals surface area contributed by atoms with Gasteiger partial charge in [-0.25, -0.2) is 8.78 Å². The average Bonchev–Trinajstić information content (AvgIpc) is 2.65. The van der Waals surface area contributed by atoms with Crippen LogP contribution in [-0.4, -0.2) is 61.5 Å². The van der Waals surface area contributed by atoms with E-state index in [1.807, 2.05) is 4.90 Å². The summed E-state index contributed by atoms with van der Waals surface area (Å²) >= 11 is 0. The van der Waals surface area contributed by atoms with Gasteiger partial charge in [-0.2, -0.15) is 0 Å². The summed E-state index contributed by atoms with van der Waals surface area (Å²) in [6.07, 6.45) is 2.83. The van der Waals surface area contributed by atoms with Crippen LogP contribution < -0.4 is 0 Å². The number of carbonyl (C=O) groups excluding carboxylic acids is 2. The number of carbonyl (C=O) groups is 2. The highest BCUT2D eigenvalue weighted by Gasteiger charge is 2.41. The van der Waals surface area contributed by atoms with Crippen molar-refractivity contribution in [2.75, 3.05) is 39.9 Å². The molecule has 1 spiro atoms. The molecule has 2 heterocycles. The van der Waals surface area contributed by atoms with Gasteiger partial charge in [0, 0.05) is 39.7 Å². The summed E-state index contributed by atoms with van der Waals surface area (Å²) in [4.78, 5) is 28.0. The molecule has 2 saturated heterocycles. The number of methoxy groups -OCH3 is 1. The van der Waals surface area contributed by atoms with E-state index in [0.29, 0.717) is 39.2 Å². The molecule has 2 fully saturated rings. The number of likely N-dealkylation sites (tertiary alicyclic amines) is 2. The lowest BCUT2D eigenvalue weighted by molar-refractivity contribution is -0.139. The van der Waals surface area contributed by atoms with Crippen LogP contribution in [0.4, 0.5) is 8.78 Å². The molecule has 3 rings (SSSR count). The van der Waals surface area contributed by atoms with Gasteiger partial charge in [-0.05, 0) is 36.8 Å². The van der Waals surface area contributed by atoms with Crippen LogP contribution in [0.5, 0.6) is 0 Å². The van der Waals surface area contributed by atoms with Crippen molar-refractivity contribution in [3.63, 3.8) is 0 Å². The molecule has 0 aromatic heterocycles. The number of amides is 2. The van der Waals surface area contributed by atoms with Crippen LogP contribution in [0.3, 0.4) is 0 Å². The molecule has 1 aromatic rings. The lowest BCUT2D eigenvalue weighted by Crippen LogP contribution is -2.53. The maximum absolute atomic E-state index is 13.9. The van der Waals surface area contributed by atoms with Gasteiger partial charge >= 0.3 is 0 Å². The fourth-order valence-corrected chi connectivity index (χ4v) is 3.94. The van der Waals surface area contributed by atoms with Crippen molar-refractivity contribution < 1.29 is 23.1 Å². The van der Waals surface area contributed by atoms with Gasteiger partial charge in [0.2, 0.25) is 5.91 Å². The molecule has 26 heavy (non-hydrogen) atoms. The summed E-state index contributed by atoms with van der Waals surface area (Å²) < 4.78 is 32.3. The predicted molar refractivity (Wildman–Crippen MR) is 91.6 cm³/mol. The van der Waals surface area contributed by atoms with E-state index in [2.05, 4.69) is 0 Å². The highest BCUT2D eigenvalue weighted by molar-refractivity contribution is 5.94.